The Balaban J connectivity index is 1.82. The molecule has 3 nitrogen and oxygen atoms in total. The highest BCUT2D eigenvalue weighted by Crippen LogP contribution is 2.23. The summed E-state index contributed by atoms with van der Waals surface area (Å²) in [6.45, 7) is 4.30. The SMILES string of the molecule is Cc1cccc(NC(=O)NC2CCC(C)CC2)c1. The molecule has 1 aliphatic carbocycles. The van der Waals surface area contributed by atoms with Crippen molar-refractivity contribution in [2.24, 2.45) is 5.92 Å². The van der Waals surface area contributed by atoms with Crippen molar-refractivity contribution in [1.82, 2.24) is 5.32 Å². The van der Waals surface area contributed by atoms with Gasteiger partial charge in [-0.25, -0.2) is 4.79 Å². The maximum atomic E-state index is 11.9. The van der Waals surface area contributed by atoms with Crippen LogP contribution in [0.1, 0.15) is 38.2 Å². The van der Waals surface area contributed by atoms with Gasteiger partial charge in [0.05, 0.1) is 0 Å². The zero-order valence-electron chi connectivity index (χ0n) is 11.2. The number of urea groups is 1. The Hall–Kier alpha value is -1.51. The minimum Gasteiger partial charge on any atom is -0.335 e. The molecular weight excluding hydrogens is 224 g/mol. The summed E-state index contributed by atoms with van der Waals surface area (Å²) in [7, 11) is 0. The van der Waals surface area contributed by atoms with Gasteiger partial charge in [-0.15, -0.1) is 0 Å². The average Bonchev–Trinajstić information content (AvgIpc) is 2.32. The Labute approximate surface area is 109 Å². The van der Waals surface area contributed by atoms with Gasteiger partial charge in [-0.1, -0.05) is 19.1 Å². The number of amides is 2. The third-order valence-corrected chi connectivity index (χ3v) is 3.63. The lowest BCUT2D eigenvalue weighted by atomic mass is 9.87. The van der Waals surface area contributed by atoms with Crippen molar-refractivity contribution in [3.05, 3.63) is 29.8 Å². The molecular formula is C15H22N2O. The Morgan fingerprint density at radius 3 is 2.61 bits per heavy atom. The molecule has 2 amide bonds. The van der Waals surface area contributed by atoms with Crippen molar-refractivity contribution in [1.29, 1.82) is 0 Å². The third-order valence-electron chi connectivity index (χ3n) is 3.63. The van der Waals surface area contributed by atoms with Gasteiger partial charge < -0.3 is 10.6 Å². The van der Waals surface area contributed by atoms with Crippen LogP contribution in [0.3, 0.4) is 0 Å². The van der Waals surface area contributed by atoms with Crippen LogP contribution in [0, 0.1) is 12.8 Å². The topological polar surface area (TPSA) is 41.1 Å². The first-order chi connectivity index (χ1) is 8.63. The van der Waals surface area contributed by atoms with Gasteiger partial charge in [0, 0.05) is 11.7 Å². The van der Waals surface area contributed by atoms with Gasteiger partial charge in [-0.05, 0) is 56.2 Å². The van der Waals surface area contributed by atoms with Crippen LogP contribution in [-0.2, 0) is 0 Å². The fourth-order valence-corrected chi connectivity index (χ4v) is 2.48. The molecule has 98 valence electrons. The number of anilines is 1. The summed E-state index contributed by atoms with van der Waals surface area (Å²) in [6.07, 6.45) is 4.63. The summed E-state index contributed by atoms with van der Waals surface area (Å²) >= 11 is 0. The van der Waals surface area contributed by atoms with E-state index < -0.39 is 0 Å². The molecule has 0 bridgehead atoms. The number of carbonyl (C=O) groups is 1. The molecule has 1 aliphatic rings. The summed E-state index contributed by atoms with van der Waals surface area (Å²) in [5.41, 5.74) is 2.01. The average molecular weight is 246 g/mol. The molecule has 0 unspecified atom stereocenters. The predicted molar refractivity (Wildman–Crippen MR) is 74.8 cm³/mol. The lowest BCUT2D eigenvalue weighted by molar-refractivity contribution is 0.239. The Morgan fingerprint density at radius 1 is 1.22 bits per heavy atom. The first-order valence-electron chi connectivity index (χ1n) is 6.77. The Kier molecular flexibility index (Phi) is 4.24. The van der Waals surface area contributed by atoms with Crippen molar-refractivity contribution in [3.63, 3.8) is 0 Å². The molecule has 3 heteroatoms. The monoisotopic (exact) mass is 246 g/mol. The van der Waals surface area contributed by atoms with Crippen LogP contribution in [-0.4, -0.2) is 12.1 Å². The second-order valence-corrected chi connectivity index (χ2v) is 5.42. The van der Waals surface area contributed by atoms with E-state index in [1.54, 1.807) is 0 Å². The van der Waals surface area contributed by atoms with E-state index in [0.717, 1.165) is 30.0 Å². The molecule has 2 N–H and O–H groups in total. The highest BCUT2D eigenvalue weighted by Gasteiger charge is 2.19. The molecule has 1 fully saturated rings. The zero-order chi connectivity index (χ0) is 13.0. The standard InChI is InChI=1S/C15H22N2O/c1-11-6-8-13(9-7-11)16-15(18)17-14-5-3-4-12(2)10-14/h3-5,10-11,13H,6-9H2,1-2H3,(H2,16,17,18). The summed E-state index contributed by atoms with van der Waals surface area (Å²) in [5.74, 6) is 0.808. The van der Waals surface area contributed by atoms with Crippen LogP contribution in [0.4, 0.5) is 10.5 Å². The van der Waals surface area contributed by atoms with Gasteiger partial charge in [0.25, 0.3) is 0 Å². The number of rotatable bonds is 2. The van der Waals surface area contributed by atoms with E-state index in [0.29, 0.717) is 6.04 Å². The fraction of sp³-hybridized carbons (Fsp3) is 0.533. The molecule has 1 saturated carbocycles. The molecule has 1 aromatic carbocycles. The lowest BCUT2D eigenvalue weighted by Crippen LogP contribution is -2.39. The minimum atomic E-state index is -0.0832. The number of nitrogens with one attached hydrogen (secondary N) is 2. The number of hydrogen-bond acceptors (Lipinski definition) is 1. The number of aryl methyl sites for hydroxylation is 1. The highest BCUT2D eigenvalue weighted by molar-refractivity contribution is 5.89. The van der Waals surface area contributed by atoms with E-state index in [4.69, 9.17) is 0 Å². The Morgan fingerprint density at radius 2 is 1.94 bits per heavy atom. The largest absolute Gasteiger partial charge is 0.335 e. The van der Waals surface area contributed by atoms with Gasteiger partial charge in [-0.3, -0.25) is 0 Å². The first kappa shape index (κ1) is 12.9. The molecule has 0 aromatic heterocycles. The van der Waals surface area contributed by atoms with Crippen molar-refractivity contribution in [2.75, 3.05) is 5.32 Å². The Bertz CT molecular complexity index is 409. The predicted octanol–water partition coefficient (Wildman–Crippen LogP) is 3.70. The quantitative estimate of drug-likeness (QED) is 0.821. The molecule has 1 aromatic rings. The first-order valence-corrected chi connectivity index (χ1v) is 6.77. The molecule has 0 spiro atoms. The highest BCUT2D eigenvalue weighted by atomic mass is 16.2. The van der Waals surface area contributed by atoms with E-state index in [1.807, 2.05) is 31.2 Å². The van der Waals surface area contributed by atoms with E-state index in [9.17, 15) is 4.79 Å². The summed E-state index contributed by atoms with van der Waals surface area (Å²) in [6, 6.07) is 8.11. The third kappa shape index (κ3) is 3.76. The zero-order valence-corrected chi connectivity index (χ0v) is 11.2. The van der Waals surface area contributed by atoms with Gasteiger partial charge in [0.15, 0.2) is 0 Å². The van der Waals surface area contributed by atoms with E-state index in [1.165, 1.54) is 12.8 Å². The van der Waals surface area contributed by atoms with Crippen LogP contribution >= 0.6 is 0 Å². The molecule has 18 heavy (non-hydrogen) atoms. The maximum absolute atomic E-state index is 11.9. The van der Waals surface area contributed by atoms with E-state index in [2.05, 4.69) is 17.6 Å². The van der Waals surface area contributed by atoms with E-state index in [-0.39, 0.29) is 6.03 Å². The molecule has 0 heterocycles. The molecule has 0 aliphatic heterocycles. The van der Waals surface area contributed by atoms with Crippen LogP contribution in [0.2, 0.25) is 0 Å². The fourth-order valence-electron chi connectivity index (χ4n) is 2.48. The van der Waals surface area contributed by atoms with Gasteiger partial charge in [-0.2, -0.15) is 0 Å². The summed E-state index contributed by atoms with van der Waals surface area (Å²) in [5, 5.41) is 5.95. The second kappa shape index (κ2) is 5.89. The normalized spacial score (nSPS) is 23.4. The van der Waals surface area contributed by atoms with E-state index >= 15 is 0 Å². The van der Waals surface area contributed by atoms with Gasteiger partial charge >= 0.3 is 6.03 Å². The molecule has 0 atom stereocenters. The minimum absolute atomic E-state index is 0.0832. The smallest absolute Gasteiger partial charge is 0.319 e. The molecule has 2 rings (SSSR count). The van der Waals surface area contributed by atoms with Crippen molar-refractivity contribution in [2.45, 2.75) is 45.6 Å². The van der Waals surface area contributed by atoms with Gasteiger partial charge in [0.2, 0.25) is 0 Å². The number of benzene rings is 1. The number of hydrogen-bond donors (Lipinski definition) is 2. The van der Waals surface area contributed by atoms with Crippen molar-refractivity contribution < 1.29 is 4.79 Å². The van der Waals surface area contributed by atoms with Crippen LogP contribution in [0.25, 0.3) is 0 Å². The van der Waals surface area contributed by atoms with Crippen molar-refractivity contribution >= 4 is 11.7 Å². The summed E-state index contributed by atoms with van der Waals surface area (Å²) in [4.78, 5) is 11.9. The van der Waals surface area contributed by atoms with Crippen LogP contribution in [0.15, 0.2) is 24.3 Å². The molecule has 0 radical (unpaired) electrons. The van der Waals surface area contributed by atoms with Gasteiger partial charge in [0.1, 0.15) is 0 Å². The summed E-state index contributed by atoms with van der Waals surface area (Å²) < 4.78 is 0. The van der Waals surface area contributed by atoms with Crippen molar-refractivity contribution in [3.8, 4) is 0 Å². The second-order valence-electron chi connectivity index (χ2n) is 5.42. The lowest BCUT2D eigenvalue weighted by Gasteiger charge is -2.26. The number of carbonyl (C=O) groups excluding carboxylic acids is 1. The van der Waals surface area contributed by atoms with Crippen LogP contribution < -0.4 is 10.6 Å². The van der Waals surface area contributed by atoms with Crippen LogP contribution in [0.5, 0.6) is 0 Å². The maximum Gasteiger partial charge on any atom is 0.319 e. The molecule has 0 saturated heterocycles.